The van der Waals surface area contributed by atoms with Crippen molar-refractivity contribution in [1.29, 1.82) is 0 Å². The Morgan fingerprint density at radius 1 is 1.50 bits per heavy atom. The molecule has 5 nitrogen and oxygen atoms in total. The van der Waals surface area contributed by atoms with Crippen LogP contribution in [0, 0.1) is 0 Å². The van der Waals surface area contributed by atoms with Crippen molar-refractivity contribution in [3.05, 3.63) is 29.3 Å². The molecule has 2 heterocycles. The standard InChI is InChI=1S/C17H24N2O3/c1-2-21-17(20)19-8-7-15(12-19)18-11-13-5-6-16-14(10-13)4-3-9-22-16/h5-6,10,15,18H,2-4,7-9,11-12H2,1H3/t15-/m0/s1. The van der Waals surface area contributed by atoms with Gasteiger partial charge in [0.25, 0.3) is 0 Å². The maximum Gasteiger partial charge on any atom is 0.409 e. The van der Waals surface area contributed by atoms with Crippen LogP contribution >= 0.6 is 0 Å². The van der Waals surface area contributed by atoms with Crippen molar-refractivity contribution in [1.82, 2.24) is 10.2 Å². The average molecular weight is 304 g/mol. The number of benzene rings is 1. The van der Waals surface area contributed by atoms with Crippen LogP contribution in [0.25, 0.3) is 0 Å². The summed E-state index contributed by atoms with van der Waals surface area (Å²) in [7, 11) is 0. The molecule has 2 aliphatic rings. The molecule has 0 aromatic heterocycles. The topological polar surface area (TPSA) is 50.8 Å². The molecule has 22 heavy (non-hydrogen) atoms. The van der Waals surface area contributed by atoms with Crippen LogP contribution in [-0.4, -0.2) is 43.3 Å². The molecule has 1 aromatic carbocycles. The van der Waals surface area contributed by atoms with Gasteiger partial charge < -0.3 is 19.7 Å². The van der Waals surface area contributed by atoms with Gasteiger partial charge in [0.05, 0.1) is 13.2 Å². The van der Waals surface area contributed by atoms with E-state index in [1.807, 2.05) is 6.92 Å². The third kappa shape index (κ3) is 3.53. The van der Waals surface area contributed by atoms with E-state index in [-0.39, 0.29) is 6.09 Å². The van der Waals surface area contributed by atoms with Crippen LogP contribution in [0.4, 0.5) is 4.79 Å². The Bertz CT molecular complexity index is 533. The van der Waals surface area contributed by atoms with E-state index in [1.54, 1.807) is 4.90 Å². The van der Waals surface area contributed by atoms with E-state index in [0.717, 1.165) is 51.3 Å². The fourth-order valence-corrected chi connectivity index (χ4v) is 3.09. The summed E-state index contributed by atoms with van der Waals surface area (Å²) in [6.45, 7) is 5.43. The van der Waals surface area contributed by atoms with Gasteiger partial charge in [0.2, 0.25) is 0 Å². The molecular formula is C17H24N2O3. The Morgan fingerprint density at radius 2 is 2.41 bits per heavy atom. The Labute approximate surface area is 131 Å². The number of carbonyl (C=O) groups excluding carboxylic acids is 1. The normalized spacial score (nSPS) is 20.4. The molecule has 0 spiro atoms. The second-order valence-corrected chi connectivity index (χ2v) is 5.91. The summed E-state index contributed by atoms with van der Waals surface area (Å²) in [5.74, 6) is 1.03. The summed E-state index contributed by atoms with van der Waals surface area (Å²) in [6, 6.07) is 6.77. The van der Waals surface area contributed by atoms with Gasteiger partial charge in [-0.15, -0.1) is 0 Å². The van der Waals surface area contributed by atoms with Crippen molar-refractivity contribution in [2.24, 2.45) is 0 Å². The molecule has 120 valence electrons. The van der Waals surface area contributed by atoms with E-state index in [9.17, 15) is 4.79 Å². The maximum absolute atomic E-state index is 11.7. The number of rotatable bonds is 4. The smallest absolute Gasteiger partial charge is 0.409 e. The fourth-order valence-electron chi connectivity index (χ4n) is 3.09. The van der Waals surface area contributed by atoms with Crippen LogP contribution in [0.2, 0.25) is 0 Å². The fraction of sp³-hybridized carbons (Fsp3) is 0.588. The number of amides is 1. The van der Waals surface area contributed by atoms with Crippen LogP contribution < -0.4 is 10.1 Å². The Balaban J connectivity index is 1.50. The highest BCUT2D eigenvalue weighted by Gasteiger charge is 2.26. The van der Waals surface area contributed by atoms with E-state index in [0.29, 0.717) is 12.6 Å². The molecule has 1 N–H and O–H groups in total. The number of hydrogen-bond acceptors (Lipinski definition) is 4. The van der Waals surface area contributed by atoms with Crippen molar-refractivity contribution in [3.63, 3.8) is 0 Å². The highest BCUT2D eigenvalue weighted by atomic mass is 16.6. The zero-order valence-corrected chi connectivity index (χ0v) is 13.1. The van der Waals surface area contributed by atoms with Gasteiger partial charge in [0.15, 0.2) is 0 Å². The van der Waals surface area contributed by atoms with E-state index in [4.69, 9.17) is 9.47 Å². The molecule has 2 aliphatic heterocycles. The lowest BCUT2D eigenvalue weighted by Gasteiger charge is -2.19. The van der Waals surface area contributed by atoms with E-state index < -0.39 is 0 Å². The average Bonchev–Trinajstić information content (AvgIpc) is 3.02. The Hall–Kier alpha value is -1.75. The Kier molecular flexibility index (Phi) is 4.83. The third-order valence-corrected chi connectivity index (χ3v) is 4.28. The number of nitrogens with zero attached hydrogens (tertiary/aromatic N) is 1. The molecule has 1 aromatic rings. The highest BCUT2D eigenvalue weighted by molar-refractivity contribution is 5.68. The zero-order chi connectivity index (χ0) is 15.4. The number of aryl methyl sites for hydroxylation is 1. The van der Waals surface area contributed by atoms with Crippen molar-refractivity contribution in [2.45, 2.75) is 38.8 Å². The van der Waals surface area contributed by atoms with Crippen LogP contribution in [0.3, 0.4) is 0 Å². The first kappa shape index (κ1) is 15.2. The number of ether oxygens (including phenoxy) is 2. The van der Waals surface area contributed by atoms with Crippen molar-refractivity contribution >= 4 is 6.09 Å². The predicted octanol–water partition coefficient (Wildman–Crippen LogP) is 2.33. The summed E-state index contributed by atoms with van der Waals surface area (Å²) >= 11 is 0. The second-order valence-electron chi connectivity index (χ2n) is 5.91. The molecule has 1 saturated heterocycles. The van der Waals surface area contributed by atoms with Crippen LogP contribution in [-0.2, 0) is 17.7 Å². The zero-order valence-electron chi connectivity index (χ0n) is 13.1. The van der Waals surface area contributed by atoms with Crippen LogP contribution in [0.15, 0.2) is 18.2 Å². The second kappa shape index (κ2) is 7.01. The summed E-state index contributed by atoms with van der Waals surface area (Å²) in [4.78, 5) is 13.5. The van der Waals surface area contributed by atoms with Crippen molar-refractivity contribution < 1.29 is 14.3 Å². The molecule has 3 rings (SSSR count). The van der Waals surface area contributed by atoms with Crippen molar-refractivity contribution in [2.75, 3.05) is 26.3 Å². The molecule has 1 fully saturated rings. The summed E-state index contributed by atoms with van der Waals surface area (Å²) in [5, 5.41) is 3.54. The van der Waals surface area contributed by atoms with E-state index >= 15 is 0 Å². The maximum atomic E-state index is 11.7. The minimum Gasteiger partial charge on any atom is -0.493 e. The highest BCUT2D eigenvalue weighted by Crippen LogP contribution is 2.25. The minimum absolute atomic E-state index is 0.197. The molecule has 5 heteroatoms. The van der Waals surface area contributed by atoms with Gasteiger partial charge in [-0.3, -0.25) is 0 Å². The molecule has 0 aliphatic carbocycles. The first-order valence-electron chi connectivity index (χ1n) is 8.16. The van der Waals surface area contributed by atoms with Gasteiger partial charge in [0, 0.05) is 25.7 Å². The van der Waals surface area contributed by atoms with E-state index in [1.165, 1.54) is 11.1 Å². The van der Waals surface area contributed by atoms with Gasteiger partial charge in [0.1, 0.15) is 5.75 Å². The number of fused-ring (bicyclic) bond motifs is 1. The molecular weight excluding hydrogens is 280 g/mol. The molecule has 1 atom stereocenters. The largest absolute Gasteiger partial charge is 0.493 e. The molecule has 0 saturated carbocycles. The molecule has 0 bridgehead atoms. The lowest BCUT2D eigenvalue weighted by atomic mass is 10.0. The van der Waals surface area contributed by atoms with Gasteiger partial charge in [-0.05, 0) is 43.4 Å². The number of nitrogens with one attached hydrogen (secondary N) is 1. The lowest BCUT2D eigenvalue weighted by molar-refractivity contribution is 0.115. The SMILES string of the molecule is CCOC(=O)N1CC[C@H](NCc2ccc3c(c2)CCCO3)C1. The lowest BCUT2D eigenvalue weighted by Crippen LogP contribution is -2.35. The molecule has 0 radical (unpaired) electrons. The summed E-state index contributed by atoms with van der Waals surface area (Å²) < 4.78 is 10.7. The van der Waals surface area contributed by atoms with Crippen LogP contribution in [0.1, 0.15) is 30.9 Å². The summed E-state index contributed by atoms with van der Waals surface area (Å²) in [6.07, 6.45) is 2.98. The minimum atomic E-state index is -0.197. The van der Waals surface area contributed by atoms with Gasteiger partial charge >= 0.3 is 6.09 Å². The molecule has 1 amide bonds. The van der Waals surface area contributed by atoms with Crippen molar-refractivity contribution in [3.8, 4) is 5.75 Å². The number of hydrogen-bond donors (Lipinski definition) is 1. The summed E-state index contributed by atoms with van der Waals surface area (Å²) in [5.41, 5.74) is 2.59. The quantitative estimate of drug-likeness (QED) is 0.927. The predicted molar refractivity (Wildman–Crippen MR) is 84.1 cm³/mol. The number of carbonyl (C=O) groups is 1. The van der Waals surface area contributed by atoms with Crippen LogP contribution in [0.5, 0.6) is 5.75 Å². The van der Waals surface area contributed by atoms with Gasteiger partial charge in [-0.25, -0.2) is 4.79 Å². The van der Waals surface area contributed by atoms with E-state index in [2.05, 4.69) is 23.5 Å². The monoisotopic (exact) mass is 304 g/mol. The third-order valence-electron chi connectivity index (χ3n) is 4.28. The molecule has 0 unspecified atom stereocenters. The first-order valence-corrected chi connectivity index (χ1v) is 8.16. The Morgan fingerprint density at radius 3 is 3.27 bits per heavy atom. The van der Waals surface area contributed by atoms with Gasteiger partial charge in [-0.1, -0.05) is 12.1 Å². The first-order chi connectivity index (χ1) is 10.8. The number of likely N-dealkylation sites (tertiary alicyclic amines) is 1. The van der Waals surface area contributed by atoms with Gasteiger partial charge in [-0.2, -0.15) is 0 Å².